The predicted molar refractivity (Wildman–Crippen MR) is 64.0 cm³/mol. The Morgan fingerprint density at radius 1 is 1.36 bits per heavy atom. The van der Waals surface area contributed by atoms with Crippen molar-refractivity contribution in [2.75, 3.05) is 23.8 Å². The molecule has 0 aromatic heterocycles. The molecule has 0 bridgehead atoms. The summed E-state index contributed by atoms with van der Waals surface area (Å²) in [5.74, 6) is 3.12. The Balaban J connectivity index is 2.18. The van der Waals surface area contributed by atoms with Gasteiger partial charge in [0, 0.05) is 17.5 Å². The molecule has 2 N–H and O–H groups in total. The lowest BCUT2D eigenvalue weighted by Crippen LogP contribution is -2.00. The number of nitrogens with two attached hydrogens (primary N) is 1. The molecule has 0 saturated carbocycles. The molecule has 0 aliphatic carbocycles. The molecule has 0 fully saturated rings. The number of thioether (sulfide) groups is 1. The summed E-state index contributed by atoms with van der Waals surface area (Å²) in [5.41, 5.74) is 6.38. The Labute approximate surface area is 89.8 Å². The van der Waals surface area contributed by atoms with Gasteiger partial charge < -0.3 is 10.5 Å². The first-order chi connectivity index (χ1) is 6.83. The molecule has 0 saturated heterocycles. The maximum Gasteiger partial charge on any atom is 0.121 e. The van der Waals surface area contributed by atoms with Crippen LogP contribution in [0.2, 0.25) is 0 Å². The van der Waals surface area contributed by atoms with Crippen LogP contribution in [0.15, 0.2) is 24.3 Å². The van der Waals surface area contributed by atoms with Gasteiger partial charge in [0.1, 0.15) is 5.75 Å². The van der Waals surface area contributed by atoms with E-state index < -0.39 is 0 Å². The Morgan fingerprint density at radius 3 is 2.93 bits per heavy atom. The number of rotatable bonds is 6. The molecular weight excluding hydrogens is 194 g/mol. The van der Waals surface area contributed by atoms with Gasteiger partial charge in [-0.15, -0.1) is 0 Å². The summed E-state index contributed by atoms with van der Waals surface area (Å²) < 4.78 is 5.53. The highest BCUT2D eigenvalue weighted by atomic mass is 32.2. The molecule has 2 nitrogen and oxygen atoms in total. The summed E-state index contributed by atoms with van der Waals surface area (Å²) in [6, 6.07) is 7.55. The molecule has 0 spiro atoms. The summed E-state index contributed by atoms with van der Waals surface area (Å²) in [7, 11) is 0. The lowest BCUT2D eigenvalue weighted by atomic mass is 10.3. The quantitative estimate of drug-likeness (QED) is 0.580. The standard InChI is InChI=1S/C11H17NOS/c1-2-7-14-8-6-13-11-5-3-4-10(12)9-11/h3-5,9H,2,6-8,12H2,1H3. The smallest absolute Gasteiger partial charge is 0.121 e. The van der Waals surface area contributed by atoms with Gasteiger partial charge >= 0.3 is 0 Å². The summed E-state index contributed by atoms with van der Waals surface area (Å²) in [6.45, 7) is 2.94. The van der Waals surface area contributed by atoms with E-state index in [-0.39, 0.29) is 0 Å². The van der Waals surface area contributed by atoms with Crippen molar-refractivity contribution in [3.8, 4) is 5.75 Å². The Bertz CT molecular complexity index is 265. The molecule has 0 heterocycles. The van der Waals surface area contributed by atoms with Crippen LogP contribution >= 0.6 is 11.8 Å². The summed E-state index contributed by atoms with van der Waals surface area (Å²) in [5, 5.41) is 0. The van der Waals surface area contributed by atoms with E-state index in [1.165, 1.54) is 12.2 Å². The van der Waals surface area contributed by atoms with Crippen LogP contribution in [-0.4, -0.2) is 18.1 Å². The Morgan fingerprint density at radius 2 is 2.21 bits per heavy atom. The van der Waals surface area contributed by atoms with Crippen molar-refractivity contribution in [1.29, 1.82) is 0 Å². The average Bonchev–Trinajstić information content (AvgIpc) is 2.18. The average molecular weight is 211 g/mol. The van der Waals surface area contributed by atoms with Gasteiger partial charge in [-0.1, -0.05) is 13.0 Å². The predicted octanol–water partition coefficient (Wildman–Crippen LogP) is 2.79. The largest absolute Gasteiger partial charge is 0.493 e. The van der Waals surface area contributed by atoms with E-state index in [1.807, 2.05) is 36.0 Å². The molecule has 78 valence electrons. The van der Waals surface area contributed by atoms with Crippen molar-refractivity contribution in [3.05, 3.63) is 24.3 Å². The minimum absolute atomic E-state index is 0.753. The van der Waals surface area contributed by atoms with Crippen LogP contribution in [0.4, 0.5) is 5.69 Å². The zero-order valence-electron chi connectivity index (χ0n) is 8.53. The van der Waals surface area contributed by atoms with Gasteiger partial charge in [0.25, 0.3) is 0 Å². The van der Waals surface area contributed by atoms with Crippen molar-refractivity contribution < 1.29 is 4.74 Å². The van der Waals surface area contributed by atoms with Gasteiger partial charge in [-0.05, 0) is 24.3 Å². The molecule has 0 radical (unpaired) electrons. The van der Waals surface area contributed by atoms with E-state index in [9.17, 15) is 0 Å². The van der Waals surface area contributed by atoms with E-state index in [2.05, 4.69) is 6.92 Å². The first-order valence-corrected chi connectivity index (χ1v) is 6.04. The van der Waals surface area contributed by atoms with Gasteiger partial charge in [-0.25, -0.2) is 0 Å². The van der Waals surface area contributed by atoms with Crippen LogP contribution < -0.4 is 10.5 Å². The van der Waals surface area contributed by atoms with Gasteiger partial charge in [0.05, 0.1) is 6.61 Å². The highest BCUT2D eigenvalue weighted by Crippen LogP contribution is 2.14. The minimum Gasteiger partial charge on any atom is -0.493 e. The van der Waals surface area contributed by atoms with E-state index in [1.54, 1.807) is 0 Å². The van der Waals surface area contributed by atoms with E-state index in [0.717, 1.165) is 23.8 Å². The third-order valence-corrected chi connectivity index (χ3v) is 2.86. The molecular formula is C11H17NOS. The lowest BCUT2D eigenvalue weighted by Gasteiger charge is -2.05. The maximum atomic E-state index is 5.63. The molecule has 0 aliphatic heterocycles. The number of nitrogen functional groups attached to an aromatic ring is 1. The third-order valence-electron chi connectivity index (χ3n) is 1.70. The second-order valence-corrected chi connectivity index (χ2v) is 4.26. The molecule has 0 atom stereocenters. The maximum absolute atomic E-state index is 5.63. The van der Waals surface area contributed by atoms with Crippen molar-refractivity contribution in [2.24, 2.45) is 0 Å². The fourth-order valence-electron chi connectivity index (χ4n) is 1.07. The highest BCUT2D eigenvalue weighted by Gasteiger charge is 1.93. The summed E-state index contributed by atoms with van der Waals surface area (Å²) in [4.78, 5) is 0. The summed E-state index contributed by atoms with van der Waals surface area (Å²) in [6.07, 6.45) is 1.23. The van der Waals surface area contributed by atoms with Gasteiger partial charge in [-0.3, -0.25) is 0 Å². The van der Waals surface area contributed by atoms with Crippen molar-refractivity contribution in [2.45, 2.75) is 13.3 Å². The summed E-state index contributed by atoms with van der Waals surface area (Å²) >= 11 is 1.92. The first kappa shape index (κ1) is 11.2. The fourth-order valence-corrected chi connectivity index (χ4v) is 1.76. The van der Waals surface area contributed by atoms with Crippen LogP contribution in [0.1, 0.15) is 13.3 Å². The van der Waals surface area contributed by atoms with Crippen LogP contribution in [0.25, 0.3) is 0 Å². The van der Waals surface area contributed by atoms with Gasteiger partial charge in [-0.2, -0.15) is 11.8 Å². The third kappa shape index (κ3) is 4.42. The van der Waals surface area contributed by atoms with Gasteiger partial charge in [0.15, 0.2) is 0 Å². The fraction of sp³-hybridized carbons (Fsp3) is 0.455. The molecule has 1 aromatic carbocycles. The number of hydrogen-bond donors (Lipinski definition) is 1. The van der Waals surface area contributed by atoms with Crippen LogP contribution in [0.5, 0.6) is 5.75 Å². The van der Waals surface area contributed by atoms with Crippen LogP contribution in [0.3, 0.4) is 0 Å². The highest BCUT2D eigenvalue weighted by molar-refractivity contribution is 7.99. The van der Waals surface area contributed by atoms with Crippen molar-refractivity contribution in [3.63, 3.8) is 0 Å². The van der Waals surface area contributed by atoms with Crippen molar-refractivity contribution in [1.82, 2.24) is 0 Å². The molecule has 14 heavy (non-hydrogen) atoms. The second kappa shape index (κ2) is 6.60. The Hall–Kier alpha value is -0.830. The number of anilines is 1. The molecule has 3 heteroatoms. The zero-order valence-corrected chi connectivity index (χ0v) is 9.35. The van der Waals surface area contributed by atoms with Crippen LogP contribution in [-0.2, 0) is 0 Å². The first-order valence-electron chi connectivity index (χ1n) is 4.89. The van der Waals surface area contributed by atoms with Gasteiger partial charge in [0.2, 0.25) is 0 Å². The van der Waals surface area contributed by atoms with E-state index in [4.69, 9.17) is 10.5 Å². The molecule has 1 aromatic rings. The number of ether oxygens (including phenoxy) is 1. The lowest BCUT2D eigenvalue weighted by molar-refractivity contribution is 0.344. The second-order valence-electron chi connectivity index (χ2n) is 3.03. The molecule has 0 amide bonds. The Kier molecular flexibility index (Phi) is 5.30. The number of benzene rings is 1. The SMILES string of the molecule is CCCSCCOc1cccc(N)c1. The molecule has 1 rings (SSSR count). The molecule has 0 aliphatic rings. The minimum atomic E-state index is 0.753. The topological polar surface area (TPSA) is 35.2 Å². The van der Waals surface area contributed by atoms with E-state index in [0.29, 0.717) is 0 Å². The van der Waals surface area contributed by atoms with Crippen molar-refractivity contribution >= 4 is 17.4 Å². The van der Waals surface area contributed by atoms with E-state index >= 15 is 0 Å². The number of hydrogen-bond acceptors (Lipinski definition) is 3. The monoisotopic (exact) mass is 211 g/mol. The van der Waals surface area contributed by atoms with Crippen LogP contribution in [0, 0.1) is 0 Å². The normalized spacial score (nSPS) is 10.1. The zero-order chi connectivity index (χ0) is 10.2. The molecule has 0 unspecified atom stereocenters.